The molecule has 56 valence electrons. The van der Waals surface area contributed by atoms with E-state index >= 15 is 0 Å². The van der Waals surface area contributed by atoms with Gasteiger partial charge in [0.25, 0.3) is 0 Å². The highest BCUT2D eigenvalue weighted by atomic mass is 16.3. The highest BCUT2D eigenvalue weighted by Crippen LogP contribution is 2.46. The summed E-state index contributed by atoms with van der Waals surface area (Å²) >= 11 is 0. The number of aliphatic hydroxyl groups is 1. The fourth-order valence-corrected chi connectivity index (χ4v) is 1.91. The first-order valence-corrected chi connectivity index (χ1v) is 4.21. The van der Waals surface area contributed by atoms with Gasteiger partial charge in [-0.25, -0.2) is 0 Å². The van der Waals surface area contributed by atoms with Gasteiger partial charge in [-0.1, -0.05) is 12.2 Å². The predicted molar refractivity (Wildman–Crippen MR) is 40.6 cm³/mol. The maximum Gasteiger partial charge on any atom is 0.0605 e. The molecule has 0 bridgehead atoms. The van der Waals surface area contributed by atoms with Gasteiger partial charge in [-0.05, 0) is 37.5 Å². The van der Waals surface area contributed by atoms with Crippen molar-refractivity contribution in [3.05, 3.63) is 12.2 Å². The van der Waals surface area contributed by atoms with E-state index in [9.17, 15) is 5.11 Å². The molecule has 0 heterocycles. The smallest absolute Gasteiger partial charge is 0.0605 e. The molecule has 3 atom stereocenters. The Morgan fingerprint density at radius 2 is 2.20 bits per heavy atom. The van der Waals surface area contributed by atoms with Gasteiger partial charge in [0.2, 0.25) is 0 Å². The average molecular weight is 138 g/mol. The zero-order valence-electron chi connectivity index (χ0n) is 6.16. The highest BCUT2D eigenvalue weighted by molar-refractivity contribution is 4.99. The van der Waals surface area contributed by atoms with Crippen molar-refractivity contribution in [3.8, 4) is 0 Å². The molecule has 0 spiro atoms. The summed E-state index contributed by atoms with van der Waals surface area (Å²) in [7, 11) is 0. The quantitative estimate of drug-likeness (QED) is 0.505. The standard InChI is InChI=1S/C9H14O/c10-9-5-3-1-2-4-7-6-8(7)9/h1,3,7-10H,2,4-6H2/b3-1-. The molecule has 2 aliphatic carbocycles. The van der Waals surface area contributed by atoms with E-state index in [1.165, 1.54) is 19.3 Å². The summed E-state index contributed by atoms with van der Waals surface area (Å²) in [6.45, 7) is 0. The van der Waals surface area contributed by atoms with Crippen LogP contribution in [0.5, 0.6) is 0 Å². The first kappa shape index (κ1) is 6.41. The monoisotopic (exact) mass is 138 g/mol. The van der Waals surface area contributed by atoms with Crippen molar-refractivity contribution in [3.63, 3.8) is 0 Å². The fourth-order valence-electron chi connectivity index (χ4n) is 1.91. The van der Waals surface area contributed by atoms with Crippen LogP contribution >= 0.6 is 0 Å². The van der Waals surface area contributed by atoms with Crippen LogP contribution in [0.1, 0.15) is 25.7 Å². The second kappa shape index (κ2) is 2.39. The SMILES string of the molecule is OC1C/C=C\CCC2CC12. The molecule has 3 unspecified atom stereocenters. The van der Waals surface area contributed by atoms with Crippen LogP contribution in [0.2, 0.25) is 0 Å². The van der Waals surface area contributed by atoms with E-state index in [2.05, 4.69) is 12.2 Å². The lowest BCUT2D eigenvalue weighted by Crippen LogP contribution is -2.10. The highest BCUT2D eigenvalue weighted by Gasteiger charge is 2.41. The number of hydrogen-bond donors (Lipinski definition) is 1. The molecule has 1 N–H and O–H groups in total. The van der Waals surface area contributed by atoms with E-state index in [0.717, 1.165) is 12.3 Å². The van der Waals surface area contributed by atoms with E-state index in [-0.39, 0.29) is 6.10 Å². The molecule has 0 aromatic carbocycles. The number of aliphatic hydroxyl groups excluding tert-OH is 1. The minimum atomic E-state index is -0.0263. The summed E-state index contributed by atoms with van der Waals surface area (Å²) in [6, 6.07) is 0. The molecule has 0 aliphatic heterocycles. The molecule has 0 saturated heterocycles. The summed E-state index contributed by atoms with van der Waals surface area (Å²) in [4.78, 5) is 0. The lowest BCUT2D eigenvalue weighted by atomic mass is 10.0. The van der Waals surface area contributed by atoms with Crippen LogP contribution in [-0.2, 0) is 0 Å². The summed E-state index contributed by atoms with van der Waals surface area (Å²) < 4.78 is 0. The van der Waals surface area contributed by atoms with E-state index in [1.54, 1.807) is 0 Å². The molecule has 0 amide bonds. The Morgan fingerprint density at radius 3 is 3.10 bits per heavy atom. The first-order valence-electron chi connectivity index (χ1n) is 4.21. The Bertz CT molecular complexity index is 151. The van der Waals surface area contributed by atoms with Crippen LogP contribution in [0, 0.1) is 11.8 Å². The van der Waals surface area contributed by atoms with Crippen LogP contribution in [0.4, 0.5) is 0 Å². The Labute approximate surface area is 61.8 Å². The topological polar surface area (TPSA) is 20.2 Å². The van der Waals surface area contributed by atoms with Crippen molar-refractivity contribution < 1.29 is 5.11 Å². The third kappa shape index (κ3) is 1.10. The Morgan fingerprint density at radius 1 is 1.30 bits per heavy atom. The molecule has 1 fully saturated rings. The number of fused-ring (bicyclic) bond motifs is 1. The van der Waals surface area contributed by atoms with Crippen LogP contribution in [0.15, 0.2) is 12.2 Å². The summed E-state index contributed by atoms with van der Waals surface area (Å²) in [5.41, 5.74) is 0. The minimum Gasteiger partial charge on any atom is -0.393 e. The van der Waals surface area contributed by atoms with Crippen LogP contribution in [-0.4, -0.2) is 11.2 Å². The van der Waals surface area contributed by atoms with E-state index in [4.69, 9.17) is 0 Å². The Kier molecular flexibility index (Phi) is 1.53. The molecule has 0 aromatic rings. The minimum absolute atomic E-state index is 0.0263. The number of rotatable bonds is 0. The second-order valence-electron chi connectivity index (χ2n) is 3.51. The summed E-state index contributed by atoms with van der Waals surface area (Å²) in [6.07, 6.45) is 9.01. The third-order valence-corrected chi connectivity index (χ3v) is 2.72. The van der Waals surface area contributed by atoms with Crippen LogP contribution < -0.4 is 0 Å². The van der Waals surface area contributed by atoms with Gasteiger partial charge in [-0.2, -0.15) is 0 Å². The van der Waals surface area contributed by atoms with Crippen molar-refractivity contribution >= 4 is 0 Å². The largest absolute Gasteiger partial charge is 0.393 e. The van der Waals surface area contributed by atoms with Crippen LogP contribution in [0.3, 0.4) is 0 Å². The lowest BCUT2D eigenvalue weighted by Gasteiger charge is -2.08. The molecular weight excluding hydrogens is 124 g/mol. The van der Waals surface area contributed by atoms with Crippen molar-refractivity contribution in [2.24, 2.45) is 11.8 Å². The predicted octanol–water partition coefficient (Wildman–Crippen LogP) is 1.72. The zero-order valence-corrected chi connectivity index (χ0v) is 6.16. The van der Waals surface area contributed by atoms with Crippen molar-refractivity contribution in [1.82, 2.24) is 0 Å². The molecule has 1 heteroatoms. The molecule has 10 heavy (non-hydrogen) atoms. The Balaban J connectivity index is 1.98. The molecule has 2 aliphatic rings. The Hall–Kier alpha value is -0.300. The van der Waals surface area contributed by atoms with E-state index < -0.39 is 0 Å². The maximum atomic E-state index is 9.47. The van der Waals surface area contributed by atoms with Gasteiger partial charge < -0.3 is 5.11 Å². The molecule has 1 nitrogen and oxygen atoms in total. The second-order valence-corrected chi connectivity index (χ2v) is 3.51. The normalized spacial score (nSPS) is 48.7. The van der Waals surface area contributed by atoms with Gasteiger partial charge in [0.1, 0.15) is 0 Å². The van der Waals surface area contributed by atoms with Crippen molar-refractivity contribution in [1.29, 1.82) is 0 Å². The van der Waals surface area contributed by atoms with E-state index in [0.29, 0.717) is 5.92 Å². The molecule has 0 aromatic heterocycles. The van der Waals surface area contributed by atoms with Crippen LogP contribution in [0.25, 0.3) is 0 Å². The van der Waals surface area contributed by atoms with Gasteiger partial charge in [0, 0.05) is 0 Å². The molecule has 1 saturated carbocycles. The summed E-state index contributed by atoms with van der Waals surface area (Å²) in [5.74, 6) is 1.52. The number of allylic oxidation sites excluding steroid dienone is 1. The molecular formula is C9H14O. The lowest BCUT2D eigenvalue weighted by molar-refractivity contribution is 0.146. The molecule has 2 rings (SSSR count). The molecule has 0 radical (unpaired) electrons. The van der Waals surface area contributed by atoms with Gasteiger partial charge in [0.15, 0.2) is 0 Å². The third-order valence-electron chi connectivity index (χ3n) is 2.72. The summed E-state index contributed by atoms with van der Waals surface area (Å²) in [5, 5.41) is 9.47. The van der Waals surface area contributed by atoms with Crippen molar-refractivity contribution in [2.75, 3.05) is 0 Å². The van der Waals surface area contributed by atoms with E-state index in [1.807, 2.05) is 0 Å². The van der Waals surface area contributed by atoms with Crippen molar-refractivity contribution in [2.45, 2.75) is 31.8 Å². The average Bonchev–Trinajstić information content (AvgIpc) is 2.62. The van der Waals surface area contributed by atoms with Gasteiger partial charge in [0.05, 0.1) is 6.10 Å². The fraction of sp³-hybridized carbons (Fsp3) is 0.778. The van der Waals surface area contributed by atoms with Gasteiger partial charge >= 0.3 is 0 Å². The van der Waals surface area contributed by atoms with Gasteiger partial charge in [-0.3, -0.25) is 0 Å². The first-order chi connectivity index (χ1) is 4.88. The van der Waals surface area contributed by atoms with Gasteiger partial charge in [-0.15, -0.1) is 0 Å². The maximum absolute atomic E-state index is 9.47. The number of hydrogen-bond acceptors (Lipinski definition) is 1. The zero-order chi connectivity index (χ0) is 6.97.